The molecule has 0 amide bonds. The van der Waals surface area contributed by atoms with E-state index < -0.39 is 0 Å². The van der Waals surface area contributed by atoms with Crippen molar-refractivity contribution in [2.24, 2.45) is 5.92 Å². The first-order chi connectivity index (χ1) is 7.00. The molecule has 0 radical (unpaired) electrons. The third-order valence-electron chi connectivity index (χ3n) is 2.09. The lowest BCUT2D eigenvalue weighted by Gasteiger charge is -2.05. The molecule has 1 aromatic rings. The molecule has 82 valence electrons. The van der Waals surface area contributed by atoms with Crippen LogP contribution in [-0.2, 0) is 16.1 Å². The fourth-order valence-electron chi connectivity index (χ4n) is 1.09. The van der Waals surface area contributed by atoms with Gasteiger partial charge in [-0.05, 0) is 23.6 Å². The summed E-state index contributed by atoms with van der Waals surface area (Å²) in [6, 6.07) is 3.65. The van der Waals surface area contributed by atoms with E-state index in [0.29, 0.717) is 11.7 Å². The number of carbonyl (C=O) groups excluding carboxylic acids is 1. The van der Waals surface area contributed by atoms with Crippen molar-refractivity contribution in [2.75, 3.05) is 0 Å². The van der Waals surface area contributed by atoms with Crippen molar-refractivity contribution in [1.82, 2.24) is 0 Å². The molecule has 0 aliphatic rings. The topological polar surface area (TPSA) is 39.4 Å². The first-order valence-electron chi connectivity index (χ1n) is 4.92. The Morgan fingerprint density at radius 2 is 2.20 bits per heavy atom. The average molecular weight is 208 g/mol. The fourth-order valence-corrected chi connectivity index (χ4v) is 1.09. The number of furan rings is 1. The Labute approximate surface area is 89.7 Å². The van der Waals surface area contributed by atoms with Gasteiger partial charge < -0.3 is 9.15 Å². The van der Waals surface area contributed by atoms with Gasteiger partial charge in [-0.1, -0.05) is 20.4 Å². The fraction of sp³-hybridized carbons (Fsp3) is 0.417. The number of esters is 1. The maximum Gasteiger partial charge on any atom is 0.303 e. The third kappa shape index (κ3) is 3.27. The van der Waals surface area contributed by atoms with Crippen LogP contribution in [0, 0.1) is 5.92 Å². The second kappa shape index (κ2) is 4.82. The van der Waals surface area contributed by atoms with Crippen LogP contribution in [0.2, 0.25) is 0 Å². The predicted molar refractivity (Wildman–Crippen MR) is 58.1 cm³/mol. The van der Waals surface area contributed by atoms with Crippen LogP contribution in [0.3, 0.4) is 0 Å². The van der Waals surface area contributed by atoms with Crippen molar-refractivity contribution in [2.45, 2.75) is 27.4 Å². The molecule has 3 nitrogen and oxygen atoms in total. The van der Waals surface area contributed by atoms with E-state index in [9.17, 15) is 4.79 Å². The minimum absolute atomic E-state index is 0.181. The highest BCUT2D eigenvalue weighted by Gasteiger charge is 2.09. The molecule has 0 unspecified atom stereocenters. The minimum atomic E-state index is -0.310. The van der Waals surface area contributed by atoms with Crippen LogP contribution >= 0.6 is 0 Å². The Morgan fingerprint density at radius 3 is 2.73 bits per heavy atom. The van der Waals surface area contributed by atoms with E-state index in [-0.39, 0.29) is 12.6 Å². The maximum absolute atomic E-state index is 10.6. The second-order valence-corrected chi connectivity index (χ2v) is 3.73. The van der Waals surface area contributed by atoms with Crippen LogP contribution in [0.15, 0.2) is 23.1 Å². The number of hydrogen-bond donors (Lipinski definition) is 0. The van der Waals surface area contributed by atoms with Crippen molar-refractivity contribution in [3.8, 4) is 0 Å². The molecular formula is C12H16O3. The first kappa shape index (κ1) is 11.6. The molecular weight excluding hydrogens is 192 g/mol. The summed E-state index contributed by atoms with van der Waals surface area (Å²) in [5, 5.41) is 0. The summed E-state index contributed by atoms with van der Waals surface area (Å²) in [5.74, 6) is 1.43. The number of ether oxygens (including phenoxy) is 1. The van der Waals surface area contributed by atoms with Gasteiger partial charge in [0.15, 0.2) is 0 Å². The smallest absolute Gasteiger partial charge is 0.303 e. The molecule has 1 rings (SSSR count). The molecule has 0 saturated carbocycles. The maximum atomic E-state index is 10.6. The van der Waals surface area contributed by atoms with Gasteiger partial charge in [0.2, 0.25) is 0 Å². The van der Waals surface area contributed by atoms with Crippen LogP contribution in [0.5, 0.6) is 0 Å². The van der Waals surface area contributed by atoms with Gasteiger partial charge in [-0.3, -0.25) is 4.79 Å². The van der Waals surface area contributed by atoms with E-state index in [0.717, 1.165) is 11.3 Å². The van der Waals surface area contributed by atoms with E-state index >= 15 is 0 Å². The molecule has 0 N–H and O–H groups in total. The molecule has 0 aromatic carbocycles. The SMILES string of the molecule is C=C(c1ccc(COC(C)=O)o1)C(C)C. The van der Waals surface area contributed by atoms with Gasteiger partial charge in [0.05, 0.1) is 0 Å². The van der Waals surface area contributed by atoms with Gasteiger partial charge in [0, 0.05) is 6.92 Å². The van der Waals surface area contributed by atoms with Crippen molar-refractivity contribution in [3.05, 3.63) is 30.2 Å². The Hall–Kier alpha value is -1.51. The highest BCUT2D eigenvalue weighted by molar-refractivity contribution is 5.66. The van der Waals surface area contributed by atoms with Crippen LogP contribution in [0.1, 0.15) is 32.3 Å². The lowest BCUT2D eigenvalue weighted by atomic mass is 10.0. The Balaban J connectivity index is 2.64. The first-order valence-corrected chi connectivity index (χ1v) is 4.92. The molecule has 0 atom stereocenters. The Bertz CT molecular complexity index is 361. The van der Waals surface area contributed by atoms with Crippen molar-refractivity contribution < 1.29 is 13.9 Å². The highest BCUT2D eigenvalue weighted by atomic mass is 16.5. The van der Waals surface area contributed by atoms with E-state index in [1.807, 2.05) is 6.07 Å². The van der Waals surface area contributed by atoms with Gasteiger partial charge in [-0.15, -0.1) is 0 Å². The van der Waals surface area contributed by atoms with Crippen LogP contribution in [0.4, 0.5) is 0 Å². The molecule has 15 heavy (non-hydrogen) atoms. The zero-order chi connectivity index (χ0) is 11.4. The highest BCUT2D eigenvalue weighted by Crippen LogP contribution is 2.23. The molecule has 0 aliphatic carbocycles. The van der Waals surface area contributed by atoms with Gasteiger partial charge >= 0.3 is 5.97 Å². The second-order valence-electron chi connectivity index (χ2n) is 3.73. The Morgan fingerprint density at radius 1 is 1.53 bits per heavy atom. The zero-order valence-corrected chi connectivity index (χ0v) is 9.37. The summed E-state index contributed by atoms with van der Waals surface area (Å²) in [4.78, 5) is 10.6. The van der Waals surface area contributed by atoms with Gasteiger partial charge in [0.1, 0.15) is 18.1 Å². The molecule has 0 aliphatic heterocycles. The molecule has 0 saturated heterocycles. The average Bonchev–Trinajstić information content (AvgIpc) is 2.61. The zero-order valence-electron chi connectivity index (χ0n) is 9.37. The normalized spacial score (nSPS) is 10.4. The van der Waals surface area contributed by atoms with Crippen molar-refractivity contribution >= 4 is 11.5 Å². The number of allylic oxidation sites excluding steroid dienone is 1. The van der Waals surface area contributed by atoms with E-state index in [4.69, 9.17) is 9.15 Å². The summed E-state index contributed by atoms with van der Waals surface area (Å²) in [6.45, 7) is 9.59. The number of rotatable bonds is 4. The largest absolute Gasteiger partial charge is 0.458 e. The van der Waals surface area contributed by atoms with Crippen molar-refractivity contribution in [3.63, 3.8) is 0 Å². The van der Waals surface area contributed by atoms with E-state index in [1.54, 1.807) is 6.07 Å². The summed E-state index contributed by atoms with van der Waals surface area (Å²) < 4.78 is 10.3. The predicted octanol–water partition coefficient (Wildman–Crippen LogP) is 3.01. The summed E-state index contributed by atoms with van der Waals surface area (Å²) in [7, 11) is 0. The molecule has 0 spiro atoms. The molecule has 1 aromatic heterocycles. The van der Waals surface area contributed by atoms with Crippen LogP contribution < -0.4 is 0 Å². The number of carbonyl (C=O) groups is 1. The summed E-state index contributed by atoms with van der Waals surface area (Å²) in [6.07, 6.45) is 0. The van der Waals surface area contributed by atoms with Crippen molar-refractivity contribution in [1.29, 1.82) is 0 Å². The monoisotopic (exact) mass is 208 g/mol. The lowest BCUT2D eigenvalue weighted by Crippen LogP contribution is -1.97. The van der Waals surface area contributed by atoms with Crippen LogP contribution in [0.25, 0.3) is 5.57 Å². The van der Waals surface area contributed by atoms with Gasteiger partial charge in [-0.2, -0.15) is 0 Å². The summed E-state index contributed by atoms with van der Waals surface area (Å²) in [5.41, 5.74) is 0.948. The van der Waals surface area contributed by atoms with Gasteiger partial charge in [0.25, 0.3) is 0 Å². The minimum Gasteiger partial charge on any atom is -0.458 e. The van der Waals surface area contributed by atoms with Gasteiger partial charge in [-0.25, -0.2) is 0 Å². The lowest BCUT2D eigenvalue weighted by molar-refractivity contribution is -0.142. The molecule has 0 fully saturated rings. The Kier molecular flexibility index (Phi) is 3.72. The molecule has 0 bridgehead atoms. The van der Waals surface area contributed by atoms with E-state index in [2.05, 4.69) is 20.4 Å². The number of hydrogen-bond acceptors (Lipinski definition) is 3. The summed E-state index contributed by atoms with van der Waals surface area (Å²) >= 11 is 0. The standard InChI is InChI=1S/C12H16O3/c1-8(2)9(3)12-6-5-11(15-12)7-14-10(4)13/h5-6,8H,3,7H2,1-2,4H3. The molecule has 3 heteroatoms. The van der Waals surface area contributed by atoms with E-state index in [1.165, 1.54) is 6.92 Å². The van der Waals surface area contributed by atoms with Crippen LogP contribution in [-0.4, -0.2) is 5.97 Å². The quantitative estimate of drug-likeness (QED) is 0.714. The third-order valence-corrected chi connectivity index (χ3v) is 2.09. The molecule has 1 heterocycles.